The minimum Gasteiger partial charge on any atom is -0.507 e. The number of rotatable bonds is 8. The molecule has 1 N–H and O–H groups in total. The van der Waals surface area contributed by atoms with Gasteiger partial charge in [-0.15, -0.1) is 0 Å². The Kier molecular flexibility index (Phi) is 9.46. The Morgan fingerprint density at radius 3 is 1.83 bits per heavy atom. The summed E-state index contributed by atoms with van der Waals surface area (Å²) in [7, 11) is 0. The smallest absolute Gasteiger partial charge is 0.149 e. The Hall–Kier alpha value is -7.04. The molecule has 4 nitrogen and oxygen atoms in total. The molecule has 59 heavy (non-hydrogen) atoms. The molecule has 0 atom stereocenters. The van der Waals surface area contributed by atoms with Crippen molar-refractivity contribution in [1.82, 2.24) is 14.5 Å². The lowest BCUT2D eigenvalue weighted by Crippen LogP contribution is -2.11. The van der Waals surface area contributed by atoms with Crippen molar-refractivity contribution in [2.24, 2.45) is 0 Å². The number of nitrogens with zero attached hydrogens (tertiary/aromatic N) is 3. The molecule has 0 aliphatic carbocycles. The summed E-state index contributed by atoms with van der Waals surface area (Å²) in [6.07, 6.45) is 1.90. The number of hydrogen-bond acceptors (Lipinski definition) is 3. The van der Waals surface area contributed by atoms with Gasteiger partial charge in [0.15, 0.2) is 0 Å². The Morgan fingerprint density at radius 1 is 0.542 bits per heavy atom. The molecule has 9 aromatic rings. The van der Waals surface area contributed by atoms with Gasteiger partial charge in [-0.05, 0) is 116 Å². The van der Waals surface area contributed by atoms with Crippen LogP contribution in [0.1, 0.15) is 53.0 Å². The van der Waals surface area contributed by atoms with Crippen LogP contribution in [0.4, 0.5) is 0 Å². The monoisotopic (exact) mass is 766 g/mol. The number of para-hydroxylation sites is 2. The number of fused-ring (bicyclic) bond motifs is 1. The molecule has 288 valence electrons. The van der Waals surface area contributed by atoms with Crippen LogP contribution in [-0.2, 0) is 5.41 Å². The second kappa shape index (κ2) is 15.4. The number of phenols is 1. The first kappa shape index (κ1) is 36.3. The van der Waals surface area contributed by atoms with Gasteiger partial charge < -0.3 is 5.11 Å². The van der Waals surface area contributed by atoms with Crippen LogP contribution in [0.3, 0.4) is 0 Å². The van der Waals surface area contributed by atoms with Crippen molar-refractivity contribution < 1.29 is 6.48 Å². The first-order chi connectivity index (χ1) is 28.9. The van der Waals surface area contributed by atoms with E-state index < -0.39 is 5.89 Å². The summed E-state index contributed by atoms with van der Waals surface area (Å²) in [5.41, 5.74) is 15.7. The second-order valence-corrected chi connectivity index (χ2v) is 16.5. The summed E-state index contributed by atoms with van der Waals surface area (Å²) in [6, 6.07) is 60.5. The van der Waals surface area contributed by atoms with Crippen molar-refractivity contribution in [3.05, 3.63) is 193 Å². The van der Waals surface area contributed by atoms with E-state index in [0.717, 1.165) is 66.9 Å². The average Bonchev–Trinajstić information content (AvgIpc) is 3.66. The number of aromatic hydroxyl groups is 1. The number of phenolic OH excluding ortho intramolecular Hbond substituents is 1. The van der Waals surface area contributed by atoms with Gasteiger partial charge >= 0.3 is 0 Å². The van der Waals surface area contributed by atoms with Crippen LogP contribution in [-0.4, -0.2) is 19.6 Å². The number of aromatic nitrogens is 3. The van der Waals surface area contributed by atoms with Crippen molar-refractivity contribution in [1.29, 1.82) is 0 Å². The molecule has 0 radical (unpaired) electrons. The van der Waals surface area contributed by atoms with Gasteiger partial charge in [-0.2, -0.15) is 0 Å². The van der Waals surface area contributed by atoms with E-state index in [0.29, 0.717) is 11.4 Å². The predicted octanol–water partition coefficient (Wildman–Crippen LogP) is 14.5. The standard InChI is InChI=1S/C55H47N3O/c1-36(2)42-29-43(38-17-10-7-11-18-38)34-47(33-42)58-51-21-14-20-48(53(51)57-54(58)49-19-12-13-22-52(49)59)44-30-45(32-46(31-44)55(3,4)5)50-35-41(27-28-56-50)40-25-23-39(24-26-40)37-15-8-6-9-16-37/h6-36,59H,1-5H3/i36D. The van der Waals surface area contributed by atoms with E-state index in [1.807, 2.05) is 62.5 Å². The van der Waals surface area contributed by atoms with Gasteiger partial charge in [0, 0.05) is 24.4 Å². The first-order valence-corrected chi connectivity index (χ1v) is 20.2. The summed E-state index contributed by atoms with van der Waals surface area (Å²) in [6.45, 7) is 10.6. The summed E-state index contributed by atoms with van der Waals surface area (Å²) in [4.78, 5) is 10.3. The lowest BCUT2D eigenvalue weighted by atomic mass is 9.83. The van der Waals surface area contributed by atoms with Crippen molar-refractivity contribution in [2.45, 2.75) is 45.9 Å². The minimum atomic E-state index is -0.864. The molecule has 4 heteroatoms. The fourth-order valence-corrected chi connectivity index (χ4v) is 7.88. The zero-order valence-electron chi connectivity index (χ0n) is 35.1. The highest BCUT2D eigenvalue weighted by Gasteiger charge is 2.23. The molecule has 0 amide bonds. The maximum Gasteiger partial charge on any atom is 0.149 e. The molecule has 0 saturated carbocycles. The molecule has 0 aliphatic rings. The number of imidazole rings is 1. The number of benzene rings is 7. The van der Waals surface area contributed by atoms with E-state index in [1.165, 1.54) is 16.7 Å². The molecule has 0 bridgehead atoms. The molecule has 2 heterocycles. The van der Waals surface area contributed by atoms with Gasteiger partial charge in [0.2, 0.25) is 0 Å². The molecule has 0 spiro atoms. The molecule has 0 aliphatic heterocycles. The fraction of sp³-hybridized carbons (Fsp3) is 0.127. The topological polar surface area (TPSA) is 50.9 Å². The predicted molar refractivity (Wildman–Crippen MR) is 246 cm³/mol. The molecule has 7 aromatic carbocycles. The van der Waals surface area contributed by atoms with Crippen molar-refractivity contribution >= 4 is 11.0 Å². The first-order valence-electron chi connectivity index (χ1n) is 20.7. The van der Waals surface area contributed by atoms with E-state index in [1.54, 1.807) is 6.07 Å². The van der Waals surface area contributed by atoms with Gasteiger partial charge in [-0.1, -0.05) is 156 Å². The summed E-state index contributed by atoms with van der Waals surface area (Å²) in [5, 5.41) is 11.3. The second-order valence-electron chi connectivity index (χ2n) is 16.5. The van der Waals surface area contributed by atoms with Gasteiger partial charge in [0.25, 0.3) is 0 Å². The molecular formula is C55H47N3O. The highest BCUT2D eigenvalue weighted by Crippen LogP contribution is 2.41. The zero-order valence-corrected chi connectivity index (χ0v) is 34.1. The van der Waals surface area contributed by atoms with Crippen molar-refractivity contribution in [2.75, 3.05) is 0 Å². The lowest BCUT2D eigenvalue weighted by Gasteiger charge is -2.22. The Labute approximate surface area is 348 Å². The van der Waals surface area contributed by atoms with Crippen LogP contribution in [0.5, 0.6) is 5.75 Å². The third-order valence-electron chi connectivity index (χ3n) is 11.2. The summed E-state index contributed by atoms with van der Waals surface area (Å²) in [5.74, 6) is -0.0976. The van der Waals surface area contributed by atoms with Crippen LogP contribution < -0.4 is 0 Å². The zero-order chi connectivity index (χ0) is 41.6. The SMILES string of the molecule is [2H]C(C)(C)c1cc(-c2ccccc2)cc(-n2c(-c3ccccc3O)nc3c(-c4cc(-c5cc(-c6ccc(-c7ccccc7)cc6)ccn5)cc(C(C)(C)C)c4)cccc32)c1. The van der Waals surface area contributed by atoms with Crippen molar-refractivity contribution in [3.8, 4) is 78.6 Å². The van der Waals surface area contributed by atoms with E-state index in [-0.39, 0.29) is 11.2 Å². The molecule has 2 aromatic heterocycles. The number of pyridine rings is 1. The van der Waals surface area contributed by atoms with Crippen LogP contribution in [0.15, 0.2) is 182 Å². The molecule has 0 fully saturated rings. The van der Waals surface area contributed by atoms with Gasteiger partial charge in [-0.3, -0.25) is 9.55 Å². The van der Waals surface area contributed by atoms with Crippen molar-refractivity contribution in [3.63, 3.8) is 0 Å². The van der Waals surface area contributed by atoms with Gasteiger partial charge in [-0.25, -0.2) is 4.98 Å². The van der Waals surface area contributed by atoms with Crippen LogP contribution in [0, 0.1) is 0 Å². The van der Waals surface area contributed by atoms with E-state index in [2.05, 4.69) is 153 Å². The summed E-state index contributed by atoms with van der Waals surface area (Å²) >= 11 is 0. The Bertz CT molecular complexity index is 2990. The third-order valence-corrected chi connectivity index (χ3v) is 11.2. The minimum absolute atomic E-state index is 0.147. The molecular weight excluding hydrogens is 719 g/mol. The van der Waals surface area contributed by atoms with Crippen LogP contribution in [0.25, 0.3) is 83.9 Å². The molecule has 0 saturated heterocycles. The Morgan fingerprint density at radius 2 is 1.15 bits per heavy atom. The van der Waals surface area contributed by atoms with E-state index in [9.17, 15) is 5.11 Å². The molecule has 0 unspecified atom stereocenters. The highest BCUT2D eigenvalue weighted by molar-refractivity contribution is 5.97. The fourth-order valence-electron chi connectivity index (χ4n) is 7.88. The molecule has 9 rings (SSSR count). The van der Waals surface area contributed by atoms with Gasteiger partial charge in [0.05, 0.1) is 22.3 Å². The van der Waals surface area contributed by atoms with Gasteiger partial charge in [0.1, 0.15) is 11.6 Å². The normalized spacial score (nSPS) is 12.1. The van der Waals surface area contributed by atoms with Crippen LogP contribution in [0.2, 0.25) is 0 Å². The van der Waals surface area contributed by atoms with E-state index >= 15 is 0 Å². The quantitative estimate of drug-likeness (QED) is 0.168. The Balaban J connectivity index is 1.22. The maximum absolute atomic E-state index is 11.3. The lowest BCUT2D eigenvalue weighted by molar-refractivity contribution is 0.477. The number of hydrogen-bond donors (Lipinski definition) is 1. The average molecular weight is 767 g/mol. The largest absolute Gasteiger partial charge is 0.507 e. The van der Waals surface area contributed by atoms with Crippen LogP contribution >= 0.6 is 0 Å². The van der Waals surface area contributed by atoms with E-state index in [4.69, 9.17) is 11.3 Å². The maximum atomic E-state index is 11.3. The summed E-state index contributed by atoms with van der Waals surface area (Å²) < 4.78 is 11.2. The highest BCUT2D eigenvalue weighted by atomic mass is 16.3. The third kappa shape index (κ3) is 7.46.